The van der Waals surface area contributed by atoms with Crippen LogP contribution in [0.4, 0.5) is 0 Å². The molecule has 0 fully saturated rings. The minimum Gasteiger partial charge on any atom is -0.466 e. The normalized spacial score (nSPS) is 12.7. The molecule has 0 aromatic heterocycles. The maximum absolute atomic E-state index is 12.0. The fraction of sp³-hybridized carbons (Fsp3) is 0.900. The summed E-state index contributed by atoms with van der Waals surface area (Å²) in [5.74, 6) is -0.979. The molecule has 178 valence electrons. The van der Waals surface area contributed by atoms with Gasteiger partial charge < -0.3 is 40.1 Å². The lowest BCUT2D eigenvalue weighted by Gasteiger charge is -2.28. The molecule has 0 rings (SSSR count). The van der Waals surface area contributed by atoms with Crippen molar-refractivity contribution < 1.29 is 49.7 Å². The summed E-state index contributed by atoms with van der Waals surface area (Å²) in [5, 5.41) is 55.5. The summed E-state index contributed by atoms with van der Waals surface area (Å²) in [6, 6.07) is 0. The number of aliphatic hydroxyl groups is 6. The van der Waals surface area contributed by atoms with E-state index in [2.05, 4.69) is 0 Å². The molecule has 0 atom stereocenters. The summed E-state index contributed by atoms with van der Waals surface area (Å²) in [5.41, 5.74) is -2.73. The van der Waals surface area contributed by atoms with Gasteiger partial charge in [-0.25, -0.2) is 0 Å². The number of esters is 2. The van der Waals surface area contributed by atoms with Crippen LogP contribution in [0, 0.1) is 16.2 Å². The molecule has 10 heteroatoms. The van der Waals surface area contributed by atoms with E-state index >= 15 is 0 Å². The van der Waals surface area contributed by atoms with Crippen LogP contribution >= 0.6 is 0 Å². The van der Waals surface area contributed by atoms with Gasteiger partial charge in [0.2, 0.25) is 0 Å². The topological polar surface area (TPSA) is 174 Å². The van der Waals surface area contributed by atoms with Crippen LogP contribution in [-0.4, -0.2) is 95.4 Å². The molecule has 0 aromatic rings. The van der Waals surface area contributed by atoms with Crippen molar-refractivity contribution in [3.05, 3.63) is 0 Å². The van der Waals surface area contributed by atoms with Crippen molar-refractivity contribution in [1.82, 2.24) is 0 Å². The van der Waals surface area contributed by atoms with Crippen molar-refractivity contribution in [2.75, 3.05) is 52.9 Å². The summed E-state index contributed by atoms with van der Waals surface area (Å²) < 4.78 is 10.2. The summed E-state index contributed by atoms with van der Waals surface area (Å²) in [4.78, 5) is 23.9. The second-order valence-corrected chi connectivity index (χ2v) is 8.73. The van der Waals surface area contributed by atoms with Crippen molar-refractivity contribution in [3.63, 3.8) is 0 Å². The van der Waals surface area contributed by atoms with E-state index in [1.54, 1.807) is 13.8 Å². The lowest BCUT2D eigenvalue weighted by atomic mass is 9.84. The standard InChI is InChI=1S/C20H38O10/c1-18(2,9-17(28)30-8-6-20(13-24,14-25)15-26)4-3-16(27)29-7-5-19(10-21,11-22)12-23/h21-26H,3-15H2,1-2H3. The Morgan fingerprint density at radius 2 is 1.00 bits per heavy atom. The van der Waals surface area contributed by atoms with Crippen LogP contribution in [0.2, 0.25) is 0 Å². The average Bonchev–Trinajstić information content (AvgIpc) is 2.73. The molecular formula is C20H38O10. The van der Waals surface area contributed by atoms with Crippen LogP contribution in [0.5, 0.6) is 0 Å². The number of carbonyl (C=O) groups is 2. The first kappa shape index (κ1) is 28.7. The Morgan fingerprint density at radius 1 is 0.633 bits per heavy atom. The van der Waals surface area contributed by atoms with E-state index < -0.39 is 67.8 Å². The van der Waals surface area contributed by atoms with Gasteiger partial charge in [0.1, 0.15) is 0 Å². The molecule has 30 heavy (non-hydrogen) atoms. The van der Waals surface area contributed by atoms with Crippen LogP contribution < -0.4 is 0 Å². The van der Waals surface area contributed by atoms with Crippen molar-refractivity contribution in [1.29, 1.82) is 0 Å². The second-order valence-electron chi connectivity index (χ2n) is 8.73. The van der Waals surface area contributed by atoms with Gasteiger partial charge in [-0.05, 0) is 24.7 Å². The molecular weight excluding hydrogens is 400 g/mol. The molecule has 0 radical (unpaired) electrons. The van der Waals surface area contributed by atoms with Crippen LogP contribution in [-0.2, 0) is 19.1 Å². The van der Waals surface area contributed by atoms with E-state index in [1.165, 1.54) is 0 Å². The first-order valence-electron chi connectivity index (χ1n) is 10.0. The van der Waals surface area contributed by atoms with Gasteiger partial charge in [-0.2, -0.15) is 0 Å². The summed E-state index contributed by atoms with van der Waals surface area (Å²) >= 11 is 0. The van der Waals surface area contributed by atoms with Crippen LogP contribution in [0.25, 0.3) is 0 Å². The van der Waals surface area contributed by atoms with Gasteiger partial charge in [0.05, 0.1) is 59.3 Å². The molecule has 0 spiro atoms. The molecule has 0 saturated carbocycles. The number of hydrogen-bond acceptors (Lipinski definition) is 10. The zero-order valence-corrected chi connectivity index (χ0v) is 18.0. The Morgan fingerprint density at radius 3 is 1.37 bits per heavy atom. The van der Waals surface area contributed by atoms with Crippen molar-refractivity contribution in [2.45, 2.75) is 46.0 Å². The summed E-state index contributed by atoms with van der Waals surface area (Å²) in [6.07, 6.45) is 0.710. The molecule has 0 aliphatic heterocycles. The number of hydrogen-bond donors (Lipinski definition) is 6. The molecule has 0 amide bonds. The highest BCUT2D eigenvalue weighted by Gasteiger charge is 2.30. The molecule has 0 aliphatic carbocycles. The first-order chi connectivity index (χ1) is 14.1. The van der Waals surface area contributed by atoms with E-state index in [-0.39, 0.29) is 38.9 Å². The first-order valence-corrected chi connectivity index (χ1v) is 10.0. The van der Waals surface area contributed by atoms with Crippen molar-refractivity contribution in [2.24, 2.45) is 16.2 Å². The SMILES string of the molecule is CC(C)(CCC(=O)OCCC(CO)(CO)CO)CC(=O)OCCC(CO)(CO)CO. The third kappa shape index (κ3) is 10.1. The third-order valence-corrected chi connectivity index (χ3v) is 5.43. The maximum atomic E-state index is 12.0. The van der Waals surface area contributed by atoms with E-state index in [9.17, 15) is 40.2 Å². The minimum absolute atomic E-state index is 0.0489. The van der Waals surface area contributed by atoms with Gasteiger partial charge >= 0.3 is 11.9 Å². The number of ether oxygens (including phenoxy) is 2. The lowest BCUT2D eigenvalue weighted by Crippen LogP contribution is -2.35. The maximum Gasteiger partial charge on any atom is 0.306 e. The fourth-order valence-corrected chi connectivity index (χ4v) is 2.58. The summed E-state index contributed by atoms with van der Waals surface area (Å²) in [6.45, 7) is 0.925. The van der Waals surface area contributed by atoms with Gasteiger partial charge in [0.25, 0.3) is 0 Å². The van der Waals surface area contributed by atoms with Gasteiger partial charge in [-0.3, -0.25) is 9.59 Å². The lowest BCUT2D eigenvalue weighted by molar-refractivity contribution is -0.150. The predicted molar refractivity (Wildman–Crippen MR) is 106 cm³/mol. The van der Waals surface area contributed by atoms with Crippen molar-refractivity contribution >= 4 is 11.9 Å². The van der Waals surface area contributed by atoms with E-state index in [0.29, 0.717) is 6.42 Å². The van der Waals surface area contributed by atoms with Gasteiger partial charge in [-0.1, -0.05) is 13.8 Å². The Labute approximate surface area is 177 Å². The van der Waals surface area contributed by atoms with E-state index in [0.717, 1.165) is 0 Å². The average molecular weight is 439 g/mol. The molecule has 6 N–H and O–H groups in total. The highest BCUT2D eigenvalue weighted by atomic mass is 16.5. The highest BCUT2D eigenvalue weighted by Crippen LogP contribution is 2.28. The smallest absolute Gasteiger partial charge is 0.306 e. The monoisotopic (exact) mass is 438 g/mol. The molecule has 0 heterocycles. The van der Waals surface area contributed by atoms with Crippen molar-refractivity contribution in [3.8, 4) is 0 Å². The number of rotatable bonds is 17. The molecule has 10 nitrogen and oxygen atoms in total. The molecule has 0 saturated heterocycles. The Hall–Kier alpha value is -1.30. The third-order valence-electron chi connectivity index (χ3n) is 5.43. The highest BCUT2D eigenvalue weighted by molar-refractivity contribution is 5.71. The summed E-state index contributed by atoms with van der Waals surface area (Å²) in [7, 11) is 0. The zero-order valence-electron chi connectivity index (χ0n) is 18.0. The molecule has 0 aliphatic rings. The largest absolute Gasteiger partial charge is 0.466 e. The van der Waals surface area contributed by atoms with Gasteiger partial charge in [-0.15, -0.1) is 0 Å². The van der Waals surface area contributed by atoms with Crippen LogP contribution in [0.15, 0.2) is 0 Å². The van der Waals surface area contributed by atoms with Crippen LogP contribution in [0.1, 0.15) is 46.0 Å². The fourth-order valence-electron chi connectivity index (χ4n) is 2.58. The predicted octanol–water partition coefficient (Wildman–Crippen LogP) is -1.02. The van der Waals surface area contributed by atoms with E-state index in [4.69, 9.17) is 9.47 Å². The van der Waals surface area contributed by atoms with Crippen LogP contribution in [0.3, 0.4) is 0 Å². The number of carbonyl (C=O) groups excluding carboxylic acids is 2. The quantitative estimate of drug-likeness (QED) is 0.154. The van der Waals surface area contributed by atoms with Gasteiger partial charge in [0, 0.05) is 17.3 Å². The second kappa shape index (κ2) is 13.9. The Kier molecular flexibility index (Phi) is 13.3. The molecule has 0 unspecified atom stereocenters. The number of aliphatic hydroxyl groups excluding tert-OH is 6. The van der Waals surface area contributed by atoms with E-state index in [1.807, 2.05) is 0 Å². The molecule has 0 aromatic carbocycles. The minimum atomic E-state index is -1.10. The molecule has 0 bridgehead atoms. The Bertz CT molecular complexity index is 481. The zero-order chi connectivity index (χ0) is 23.3. The Balaban J connectivity index is 4.30. The van der Waals surface area contributed by atoms with Gasteiger partial charge in [0.15, 0.2) is 0 Å².